The number of hydrogen-bond acceptors (Lipinski definition) is 12. The van der Waals surface area contributed by atoms with Crippen LogP contribution in [0, 0.1) is 0 Å². The van der Waals surface area contributed by atoms with Gasteiger partial charge in [0.25, 0.3) is 17.4 Å². The predicted octanol–water partition coefficient (Wildman–Crippen LogP) is 3.68. The molecule has 3 N–H and O–H groups in total. The largest absolute Gasteiger partial charge is 0.384 e. The number of aliphatic hydroxyl groups is 1. The maximum Gasteiger partial charge on any atom is 0.278 e. The second-order valence-electron chi connectivity index (χ2n) is 15.6. The van der Waals surface area contributed by atoms with E-state index in [0.717, 1.165) is 73.8 Å². The van der Waals surface area contributed by atoms with Gasteiger partial charge in [-0.3, -0.25) is 39.1 Å². The van der Waals surface area contributed by atoms with Gasteiger partial charge in [-0.25, -0.2) is 19.3 Å². The van der Waals surface area contributed by atoms with Gasteiger partial charge in [0.2, 0.25) is 17.8 Å². The molecule has 16 heteroatoms. The molecule has 304 valence electrons. The number of hydrogen-bond donors (Lipinski definition) is 3. The Kier molecular flexibility index (Phi) is 10.7. The Morgan fingerprint density at radius 2 is 1.69 bits per heavy atom. The number of pyridine rings is 1. The Labute approximate surface area is 340 Å². The van der Waals surface area contributed by atoms with E-state index in [1.165, 1.54) is 10.9 Å². The molecule has 0 bridgehead atoms. The first-order valence-corrected chi connectivity index (χ1v) is 19.9. The van der Waals surface area contributed by atoms with Crippen molar-refractivity contribution in [3.63, 3.8) is 0 Å². The van der Waals surface area contributed by atoms with E-state index in [2.05, 4.69) is 49.1 Å². The SMILES string of the molecule is C=CCn1c(=O)c2cnc(Nc3ccc(N4CCN(CCCCc5ccc6c(c5)C(=O)N(C5CCC(=O)NC5=O)C6=O)CC4)cc3)nc2n1-c1cccc(C(C)(C)O)n1. The van der Waals surface area contributed by atoms with Crippen LogP contribution in [0.3, 0.4) is 0 Å². The standard InChI is InChI=1S/C43H46N10O6/c1-4-19-51-39(56)32-26-44-42(48-37(32)53(51)35-10-7-9-34(46-35)43(2,3)59)45-28-12-14-29(15-13-28)50-23-21-49(22-24-50)20-6-5-8-27-11-16-30-31(25-27)41(58)52(40(30)57)33-17-18-36(54)47-38(33)55/h4,7,9-16,25-26,33,59H,1,5-6,8,17-24H2,2-3H3,(H,44,45,48)(H,47,54,55). The van der Waals surface area contributed by atoms with Crippen molar-refractivity contribution in [2.45, 2.75) is 64.1 Å². The number of aromatic nitrogens is 5. The number of amides is 4. The highest BCUT2D eigenvalue weighted by atomic mass is 16.3. The molecule has 0 saturated carbocycles. The highest BCUT2D eigenvalue weighted by molar-refractivity contribution is 6.23. The fourth-order valence-corrected chi connectivity index (χ4v) is 7.94. The van der Waals surface area contributed by atoms with E-state index < -0.39 is 35.3 Å². The van der Waals surface area contributed by atoms with Crippen LogP contribution in [0.5, 0.6) is 0 Å². The normalized spacial score (nSPS) is 17.4. The minimum absolute atomic E-state index is 0.0905. The maximum atomic E-state index is 13.4. The fourth-order valence-electron chi connectivity index (χ4n) is 7.94. The van der Waals surface area contributed by atoms with Crippen molar-refractivity contribution in [3.05, 3.63) is 112 Å². The number of aryl methyl sites for hydroxylation is 1. The van der Waals surface area contributed by atoms with Crippen LogP contribution < -0.4 is 21.1 Å². The number of benzene rings is 2. The summed E-state index contributed by atoms with van der Waals surface area (Å²) in [5, 5.41) is 16.4. The summed E-state index contributed by atoms with van der Waals surface area (Å²) in [7, 11) is 0. The number of rotatable bonds is 13. The highest BCUT2D eigenvalue weighted by Crippen LogP contribution is 2.29. The number of nitrogens with zero attached hydrogens (tertiary/aromatic N) is 8. The summed E-state index contributed by atoms with van der Waals surface area (Å²) < 4.78 is 3.13. The van der Waals surface area contributed by atoms with Gasteiger partial charge in [0.1, 0.15) is 17.0 Å². The third-order valence-electron chi connectivity index (χ3n) is 11.1. The minimum Gasteiger partial charge on any atom is -0.384 e. The van der Waals surface area contributed by atoms with Crippen LogP contribution in [-0.4, -0.2) is 102 Å². The third kappa shape index (κ3) is 7.88. The summed E-state index contributed by atoms with van der Waals surface area (Å²) in [5.74, 6) is -1.22. The van der Waals surface area contributed by atoms with Crippen LogP contribution >= 0.6 is 0 Å². The van der Waals surface area contributed by atoms with Gasteiger partial charge in [0.15, 0.2) is 11.5 Å². The Morgan fingerprint density at radius 3 is 2.42 bits per heavy atom. The molecule has 6 heterocycles. The molecule has 2 saturated heterocycles. The second kappa shape index (κ2) is 16.0. The number of fused-ring (bicyclic) bond motifs is 2. The van der Waals surface area contributed by atoms with Gasteiger partial charge in [-0.05, 0) is 100 Å². The molecule has 0 aliphatic carbocycles. The van der Waals surface area contributed by atoms with E-state index >= 15 is 0 Å². The van der Waals surface area contributed by atoms with Gasteiger partial charge in [-0.2, -0.15) is 4.98 Å². The maximum absolute atomic E-state index is 13.4. The van der Waals surface area contributed by atoms with E-state index in [1.54, 1.807) is 54.9 Å². The number of piperidine rings is 1. The van der Waals surface area contributed by atoms with Crippen LogP contribution in [0.15, 0.2) is 84.3 Å². The van der Waals surface area contributed by atoms with Gasteiger partial charge in [-0.1, -0.05) is 18.2 Å². The Morgan fingerprint density at radius 1 is 0.932 bits per heavy atom. The average molecular weight is 799 g/mol. The first-order valence-electron chi connectivity index (χ1n) is 19.9. The molecule has 2 fully saturated rings. The van der Waals surface area contributed by atoms with E-state index in [1.807, 2.05) is 18.2 Å². The molecule has 0 radical (unpaired) electrons. The number of allylic oxidation sites excluding steroid dienone is 1. The van der Waals surface area contributed by atoms with Gasteiger partial charge in [0.05, 0.1) is 23.4 Å². The number of carbonyl (C=O) groups is 4. The lowest BCUT2D eigenvalue weighted by Crippen LogP contribution is -2.54. The number of imide groups is 2. The van der Waals surface area contributed by atoms with Gasteiger partial charge in [0, 0.05) is 50.2 Å². The number of carbonyl (C=O) groups excluding carboxylic acids is 4. The molecule has 3 aromatic heterocycles. The molecule has 4 amide bonds. The summed E-state index contributed by atoms with van der Waals surface area (Å²) in [4.78, 5) is 83.2. The van der Waals surface area contributed by atoms with Gasteiger partial charge >= 0.3 is 0 Å². The first-order chi connectivity index (χ1) is 28.4. The van der Waals surface area contributed by atoms with E-state index in [4.69, 9.17) is 4.98 Å². The van der Waals surface area contributed by atoms with Crippen LogP contribution in [0.4, 0.5) is 17.3 Å². The molecule has 8 rings (SSSR count). The van der Waals surface area contributed by atoms with Crippen LogP contribution in [-0.2, 0) is 28.2 Å². The predicted molar refractivity (Wildman–Crippen MR) is 221 cm³/mol. The third-order valence-corrected chi connectivity index (χ3v) is 11.1. The lowest BCUT2D eigenvalue weighted by molar-refractivity contribution is -0.136. The lowest BCUT2D eigenvalue weighted by Gasteiger charge is -2.36. The van der Waals surface area contributed by atoms with Crippen molar-refractivity contribution in [1.29, 1.82) is 0 Å². The smallest absolute Gasteiger partial charge is 0.278 e. The van der Waals surface area contributed by atoms with Crippen LogP contribution in [0.1, 0.15) is 71.5 Å². The molecule has 3 aliphatic heterocycles. The molecule has 5 aromatic rings. The average Bonchev–Trinajstić information content (AvgIpc) is 3.64. The van der Waals surface area contributed by atoms with Gasteiger partial charge < -0.3 is 15.3 Å². The number of anilines is 3. The van der Waals surface area contributed by atoms with E-state index in [9.17, 15) is 29.1 Å². The summed E-state index contributed by atoms with van der Waals surface area (Å²) in [6, 6.07) is 17.7. The molecule has 1 unspecified atom stereocenters. The summed E-state index contributed by atoms with van der Waals surface area (Å²) in [6.45, 7) is 11.9. The molecule has 2 aromatic carbocycles. The van der Waals surface area contributed by atoms with Crippen molar-refractivity contribution in [3.8, 4) is 5.82 Å². The zero-order valence-electron chi connectivity index (χ0n) is 33.1. The molecular weight excluding hydrogens is 753 g/mol. The number of piperazine rings is 1. The van der Waals surface area contributed by atoms with Crippen molar-refractivity contribution >= 4 is 52.0 Å². The molecule has 0 spiro atoms. The Balaban J connectivity index is 0.838. The van der Waals surface area contributed by atoms with Crippen LogP contribution in [0.25, 0.3) is 16.9 Å². The zero-order valence-corrected chi connectivity index (χ0v) is 33.1. The summed E-state index contributed by atoms with van der Waals surface area (Å²) in [5.41, 5.74) is 2.87. The van der Waals surface area contributed by atoms with Crippen LogP contribution in [0.2, 0.25) is 0 Å². The van der Waals surface area contributed by atoms with E-state index in [0.29, 0.717) is 39.6 Å². The quantitative estimate of drug-likeness (QED) is 0.0893. The monoisotopic (exact) mass is 798 g/mol. The number of unbranched alkanes of at least 4 members (excludes halogenated alkanes) is 1. The van der Waals surface area contributed by atoms with Crippen molar-refractivity contribution in [2.75, 3.05) is 42.9 Å². The van der Waals surface area contributed by atoms with Crippen molar-refractivity contribution in [2.24, 2.45) is 0 Å². The Hall–Kier alpha value is -6.52. The number of nitrogens with one attached hydrogen (secondary N) is 2. The summed E-state index contributed by atoms with van der Waals surface area (Å²) >= 11 is 0. The Bertz CT molecular complexity index is 2530. The minimum atomic E-state index is -1.18. The van der Waals surface area contributed by atoms with Crippen molar-refractivity contribution < 1.29 is 24.3 Å². The summed E-state index contributed by atoms with van der Waals surface area (Å²) in [6.07, 6.45) is 6.04. The van der Waals surface area contributed by atoms with E-state index in [-0.39, 0.29) is 24.9 Å². The zero-order chi connectivity index (χ0) is 41.4. The molecule has 59 heavy (non-hydrogen) atoms. The molecule has 3 aliphatic rings. The highest BCUT2D eigenvalue weighted by Gasteiger charge is 2.44. The first kappa shape index (κ1) is 39.3. The lowest BCUT2D eigenvalue weighted by atomic mass is 10.0. The molecule has 1 atom stereocenters. The fraction of sp³-hybridized carbons (Fsp3) is 0.349. The second-order valence-corrected chi connectivity index (χ2v) is 15.6. The van der Waals surface area contributed by atoms with Crippen molar-refractivity contribution in [1.82, 2.24) is 39.4 Å². The molecule has 16 nitrogen and oxygen atoms in total. The van der Waals surface area contributed by atoms with Gasteiger partial charge in [-0.15, -0.1) is 6.58 Å². The molecular formula is C43H46N10O6. The topological polar surface area (TPSA) is 188 Å².